The summed E-state index contributed by atoms with van der Waals surface area (Å²) in [5, 5.41) is 3.57. The SMILES string of the molecule is CCCOC1CCCN(CCNCC2CCOC2)C1. The van der Waals surface area contributed by atoms with Crippen molar-refractivity contribution in [3.05, 3.63) is 0 Å². The Balaban J connectivity index is 1.52. The molecular weight excluding hydrogens is 240 g/mol. The number of rotatable bonds is 8. The molecule has 0 bridgehead atoms. The van der Waals surface area contributed by atoms with Crippen LogP contribution < -0.4 is 5.32 Å². The minimum atomic E-state index is 0.469. The van der Waals surface area contributed by atoms with Crippen molar-refractivity contribution >= 4 is 0 Å². The molecule has 2 unspecified atom stereocenters. The lowest BCUT2D eigenvalue weighted by molar-refractivity contribution is 0.000329. The quantitative estimate of drug-likeness (QED) is 0.678. The second kappa shape index (κ2) is 8.90. The van der Waals surface area contributed by atoms with Gasteiger partial charge in [-0.1, -0.05) is 6.92 Å². The molecule has 2 aliphatic rings. The predicted octanol–water partition coefficient (Wildman–Crippen LogP) is 1.50. The molecule has 0 aromatic heterocycles. The fraction of sp³-hybridized carbons (Fsp3) is 1.00. The summed E-state index contributed by atoms with van der Waals surface area (Å²) >= 11 is 0. The fourth-order valence-corrected chi connectivity index (χ4v) is 2.92. The van der Waals surface area contributed by atoms with Gasteiger partial charge in [0.2, 0.25) is 0 Å². The Morgan fingerprint density at radius 2 is 2.32 bits per heavy atom. The lowest BCUT2D eigenvalue weighted by Gasteiger charge is -2.32. The summed E-state index contributed by atoms with van der Waals surface area (Å²) in [4.78, 5) is 2.54. The van der Waals surface area contributed by atoms with Crippen LogP contribution in [-0.2, 0) is 9.47 Å². The van der Waals surface area contributed by atoms with Crippen LogP contribution in [0.15, 0.2) is 0 Å². The molecule has 1 N–H and O–H groups in total. The lowest BCUT2D eigenvalue weighted by atomic mass is 10.1. The summed E-state index contributed by atoms with van der Waals surface area (Å²) < 4.78 is 11.3. The van der Waals surface area contributed by atoms with Crippen LogP contribution >= 0.6 is 0 Å². The average molecular weight is 270 g/mol. The highest BCUT2D eigenvalue weighted by Gasteiger charge is 2.20. The largest absolute Gasteiger partial charge is 0.381 e. The summed E-state index contributed by atoms with van der Waals surface area (Å²) in [6, 6.07) is 0. The average Bonchev–Trinajstić information content (AvgIpc) is 2.95. The first kappa shape index (κ1) is 15.2. The Labute approximate surface area is 117 Å². The highest BCUT2D eigenvalue weighted by molar-refractivity contribution is 4.74. The van der Waals surface area contributed by atoms with E-state index in [4.69, 9.17) is 9.47 Å². The minimum Gasteiger partial charge on any atom is -0.381 e. The Hall–Kier alpha value is -0.160. The van der Waals surface area contributed by atoms with Crippen molar-refractivity contribution in [2.75, 3.05) is 52.5 Å². The smallest absolute Gasteiger partial charge is 0.0702 e. The number of nitrogens with one attached hydrogen (secondary N) is 1. The van der Waals surface area contributed by atoms with Crippen LogP contribution in [0.25, 0.3) is 0 Å². The van der Waals surface area contributed by atoms with Crippen molar-refractivity contribution in [3.63, 3.8) is 0 Å². The zero-order valence-electron chi connectivity index (χ0n) is 12.4. The molecular formula is C15H30N2O2. The second-order valence-corrected chi connectivity index (χ2v) is 5.87. The monoisotopic (exact) mass is 270 g/mol. The van der Waals surface area contributed by atoms with E-state index in [2.05, 4.69) is 17.1 Å². The van der Waals surface area contributed by atoms with E-state index in [1.165, 1.54) is 25.8 Å². The zero-order chi connectivity index (χ0) is 13.3. The maximum absolute atomic E-state index is 5.87. The third-order valence-corrected chi connectivity index (χ3v) is 4.08. The number of nitrogens with zero attached hydrogens (tertiary/aromatic N) is 1. The van der Waals surface area contributed by atoms with Gasteiger partial charge in [0.25, 0.3) is 0 Å². The Bertz CT molecular complexity index is 232. The van der Waals surface area contributed by atoms with Crippen molar-refractivity contribution in [1.82, 2.24) is 10.2 Å². The number of likely N-dealkylation sites (tertiary alicyclic amines) is 1. The van der Waals surface area contributed by atoms with Crippen molar-refractivity contribution in [1.29, 1.82) is 0 Å². The standard InChI is InChI=1S/C15H30N2O2/c1-2-9-19-15-4-3-7-17(12-15)8-6-16-11-14-5-10-18-13-14/h14-16H,2-13H2,1H3. The Morgan fingerprint density at radius 3 is 3.11 bits per heavy atom. The van der Waals surface area contributed by atoms with Gasteiger partial charge < -0.3 is 14.8 Å². The van der Waals surface area contributed by atoms with Gasteiger partial charge in [-0.15, -0.1) is 0 Å². The van der Waals surface area contributed by atoms with Crippen LogP contribution in [-0.4, -0.2) is 63.5 Å². The summed E-state index contributed by atoms with van der Waals surface area (Å²) in [6.45, 7) is 10.7. The van der Waals surface area contributed by atoms with Crippen LogP contribution in [0, 0.1) is 5.92 Å². The Kier molecular flexibility index (Phi) is 7.14. The zero-order valence-corrected chi connectivity index (χ0v) is 12.4. The van der Waals surface area contributed by atoms with Gasteiger partial charge in [0.1, 0.15) is 0 Å². The van der Waals surface area contributed by atoms with Gasteiger partial charge in [0.15, 0.2) is 0 Å². The maximum atomic E-state index is 5.87. The maximum Gasteiger partial charge on any atom is 0.0702 e. The molecule has 0 aromatic carbocycles. The van der Waals surface area contributed by atoms with E-state index in [0.717, 1.165) is 58.3 Å². The van der Waals surface area contributed by atoms with E-state index in [1.807, 2.05) is 0 Å². The number of hydrogen-bond donors (Lipinski definition) is 1. The van der Waals surface area contributed by atoms with Crippen molar-refractivity contribution in [2.24, 2.45) is 5.92 Å². The minimum absolute atomic E-state index is 0.469. The highest BCUT2D eigenvalue weighted by Crippen LogP contribution is 2.13. The molecule has 0 radical (unpaired) electrons. The summed E-state index contributed by atoms with van der Waals surface area (Å²) in [5.41, 5.74) is 0. The molecule has 2 fully saturated rings. The molecule has 0 aliphatic carbocycles. The molecule has 0 aromatic rings. The summed E-state index contributed by atoms with van der Waals surface area (Å²) in [5.74, 6) is 0.738. The topological polar surface area (TPSA) is 33.7 Å². The molecule has 4 nitrogen and oxygen atoms in total. The number of hydrogen-bond acceptors (Lipinski definition) is 4. The van der Waals surface area contributed by atoms with E-state index in [1.54, 1.807) is 0 Å². The number of piperidine rings is 1. The molecule has 2 rings (SSSR count). The van der Waals surface area contributed by atoms with Crippen LogP contribution in [0.4, 0.5) is 0 Å². The first-order valence-electron chi connectivity index (χ1n) is 8.01. The van der Waals surface area contributed by atoms with Gasteiger partial charge in [-0.05, 0) is 38.1 Å². The molecule has 0 saturated carbocycles. The first-order chi connectivity index (χ1) is 9.38. The van der Waals surface area contributed by atoms with Crippen molar-refractivity contribution < 1.29 is 9.47 Å². The summed E-state index contributed by atoms with van der Waals surface area (Å²) in [7, 11) is 0. The van der Waals surface area contributed by atoms with Crippen LogP contribution in [0.5, 0.6) is 0 Å². The van der Waals surface area contributed by atoms with E-state index >= 15 is 0 Å². The van der Waals surface area contributed by atoms with Crippen LogP contribution in [0.3, 0.4) is 0 Å². The van der Waals surface area contributed by atoms with Gasteiger partial charge in [0, 0.05) is 39.4 Å². The molecule has 19 heavy (non-hydrogen) atoms. The molecule has 0 amide bonds. The summed E-state index contributed by atoms with van der Waals surface area (Å²) in [6.07, 6.45) is 5.34. The highest BCUT2D eigenvalue weighted by atomic mass is 16.5. The first-order valence-corrected chi connectivity index (χ1v) is 8.01. The normalized spacial score (nSPS) is 28.9. The van der Waals surface area contributed by atoms with Gasteiger partial charge in [-0.3, -0.25) is 4.90 Å². The van der Waals surface area contributed by atoms with E-state index in [0.29, 0.717) is 6.10 Å². The molecule has 2 atom stereocenters. The van der Waals surface area contributed by atoms with Gasteiger partial charge in [0.05, 0.1) is 12.7 Å². The lowest BCUT2D eigenvalue weighted by Crippen LogP contribution is -2.43. The van der Waals surface area contributed by atoms with Crippen molar-refractivity contribution in [2.45, 2.75) is 38.7 Å². The Morgan fingerprint density at radius 1 is 1.37 bits per heavy atom. The van der Waals surface area contributed by atoms with Crippen molar-refractivity contribution in [3.8, 4) is 0 Å². The number of ether oxygens (including phenoxy) is 2. The van der Waals surface area contributed by atoms with Gasteiger partial charge in [-0.2, -0.15) is 0 Å². The molecule has 4 heteroatoms. The van der Waals surface area contributed by atoms with Gasteiger partial charge in [-0.25, -0.2) is 0 Å². The molecule has 2 aliphatic heterocycles. The predicted molar refractivity (Wildman–Crippen MR) is 77.5 cm³/mol. The molecule has 2 saturated heterocycles. The molecule has 0 spiro atoms. The third kappa shape index (κ3) is 5.78. The van der Waals surface area contributed by atoms with E-state index in [-0.39, 0.29) is 0 Å². The molecule has 2 heterocycles. The van der Waals surface area contributed by atoms with Crippen LogP contribution in [0.1, 0.15) is 32.6 Å². The van der Waals surface area contributed by atoms with E-state index in [9.17, 15) is 0 Å². The van der Waals surface area contributed by atoms with E-state index < -0.39 is 0 Å². The van der Waals surface area contributed by atoms with Gasteiger partial charge >= 0.3 is 0 Å². The third-order valence-electron chi connectivity index (χ3n) is 4.08. The second-order valence-electron chi connectivity index (χ2n) is 5.87. The fourth-order valence-electron chi connectivity index (χ4n) is 2.92. The molecule has 112 valence electrons. The van der Waals surface area contributed by atoms with Crippen LogP contribution in [0.2, 0.25) is 0 Å².